The van der Waals surface area contributed by atoms with Gasteiger partial charge in [-0.25, -0.2) is 4.98 Å². The van der Waals surface area contributed by atoms with Gasteiger partial charge in [0.15, 0.2) is 0 Å². The number of thiazole rings is 1. The number of rotatable bonds is 14. The number of aromatic nitrogens is 1. The first-order valence-corrected chi connectivity index (χ1v) is 15.1. The zero-order valence-electron chi connectivity index (χ0n) is 24.3. The van der Waals surface area contributed by atoms with Gasteiger partial charge in [-0.15, -0.1) is 11.3 Å². The average Bonchev–Trinajstić information content (AvgIpc) is 3.54. The molecule has 2 unspecified atom stereocenters. The van der Waals surface area contributed by atoms with Crippen LogP contribution < -0.4 is 26.4 Å². The number of nitrogens with two attached hydrogens (primary N) is 1. The van der Waals surface area contributed by atoms with Crippen molar-refractivity contribution in [2.24, 2.45) is 5.73 Å². The monoisotopic (exact) mass is 599 g/mol. The highest BCUT2D eigenvalue weighted by Gasteiger charge is 2.28. The number of carbonyl (C=O) groups excluding carboxylic acids is 3. The van der Waals surface area contributed by atoms with E-state index in [0.717, 1.165) is 22.3 Å². The third-order valence-corrected chi connectivity index (χ3v) is 7.50. The number of ether oxygens (including phenoxy) is 1. The van der Waals surface area contributed by atoms with Crippen molar-refractivity contribution in [1.29, 1.82) is 0 Å². The Bertz CT molecular complexity index is 1470. The Balaban J connectivity index is 1.52. The van der Waals surface area contributed by atoms with Crippen LogP contribution in [0.15, 0.2) is 83.7 Å². The zero-order valence-corrected chi connectivity index (χ0v) is 25.2. The highest BCUT2D eigenvalue weighted by atomic mass is 32.1. The van der Waals surface area contributed by atoms with Gasteiger partial charge >= 0.3 is 0 Å². The van der Waals surface area contributed by atoms with Gasteiger partial charge in [-0.1, -0.05) is 54.1 Å². The maximum absolute atomic E-state index is 13.8. The molecule has 0 aliphatic heterocycles. The molecule has 224 valence electrons. The fourth-order valence-corrected chi connectivity index (χ4v) is 4.99. The Morgan fingerprint density at radius 3 is 2.12 bits per heavy atom. The normalized spacial score (nSPS) is 12.2. The molecule has 0 spiro atoms. The van der Waals surface area contributed by atoms with E-state index in [4.69, 9.17) is 10.5 Å². The van der Waals surface area contributed by atoms with Crippen molar-refractivity contribution in [2.75, 3.05) is 6.61 Å². The lowest BCUT2D eigenvalue weighted by atomic mass is 10.0. The van der Waals surface area contributed by atoms with Crippen molar-refractivity contribution >= 4 is 29.1 Å². The maximum atomic E-state index is 13.8. The molecule has 9 nitrogen and oxygen atoms in total. The molecule has 43 heavy (non-hydrogen) atoms. The Morgan fingerprint density at radius 1 is 0.837 bits per heavy atom. The number of carbonyl (C=O) groups is 3. The van der Waals surface area contributed by atoms with Gasteiger partial charge in [0.25, 0.3) is 5.91 Å². The van der Waals surface area contributed by atoms with E-state index in [0.29, 0.717) is 30.2 Å². The number of amides is 3. The summed E-state index contributed by atoms with van der Waals surface area (Å²) in [5.74, 6) is -0.493. The Hall–Kier alpha value is -4.54. The van der Waals surface area contributed by atoms with Crippen molar-refractivity contribution in [2.45, 2.75) is 51.9 Å². The number of hydrogen-bond acceptors (Lipinski definition) is 7. The van der Waals surface area contributed by atoms with Crippen LogP contribution in [0.25, 0.3) is 0 Å². The molecule has 0 bridgehead atoms. The van der Waals surface area contributed by atoms with E-state index < -0.39 is 18.0 Å². The average molecular weight is 600 g/mol. The molecule has 0 saturated carbocycles. The van der Waals surface area contributed by atoms with E-state index in [1.165, 1.54) is 11.3 Å². The third kappa shape index (κ3) is 9.49. The highest BCUT2D eigenvalue weighted by molar-refractivity contribution is 7.07. The van der Waals surface area contributed by atoms with Gasteiger partial charge in [0, 0.05) is 36.9 Å². The van der Waals surface area contributed by atoms with Crippen LogP contribution in [0.4, 0.5) is 0 Å². The second-order valence-corrected chi connectivity index (χ2v) is 10.9. The highest BCUT2D eigenvalue weighted by Crippen LogP contribution is 2.15. The van der Waals surface area contributed by atoms with Crippen molar-refractivity contribution in [1.82, 2.24) is 20.9 Å². The Morgan fingerprint density at radius 2 is 1.49 bits per heavy atom. The van der Waals surface area contributed by atoms with Crippen LogP contribution >= 0.6 is 11.3 Å². The number of hydrogen-bond donors (Lipinski definition) is 4. The van der Waals surface area contributed by atoms with Gasteiger partial charge < -0.3 is 26.4 Å². The Labute approximate surface area is 255 Å². The lowest BCUT2D eigenvalue weighted by Gasteiger charge is -2.23. The van der Waals surface area contributed by atoms with Crippen LogP contribution in [0.1, 0.15) is 45.2 Å². The summed E-state index contributed by atoms with van der Waals surface area (Å²) in [4.78, 5) is 44.6. The number of nitrogens with zero attached hydrogens (tertiary/aromatic N) is 1. The lowest BCUT2D eigenvalue weighted by molar-refractivity contribution is -0.130. The first-order valence-electron chi connectivity index (χ1n) is 14.2. The molecule has 4 rings (SSSR count). The predicted molar refractivity (Wildman–Crippen MR) is 168 cm³/mol. The molecule has 3 aromatic carbocycles. The van der Waals surface area contributed by atoms with Crippen molar-refractivity contribution in [3.8, 4) is 5.75 Å². The minimum Gasteiger partial charge on any atom is -0.494 e. The van der Waals surface area contributed by atoms with E-state index in [1.54, 1.807) is 17.6 Å². The molecule has 5 N–H and O–H groups in total. The van der Waals surface area contributed by atoms with Crippen LogP contribution in [0, 0.1) is 6.92 Å². The summed E-state index contributed by atoms with van der Waals surface area (Å²) in [7, 11) is 0. The van der Waals surface area contributed by atoms with E-state index in [2.05, 4.69) is 20.9 Å². The van der Waals surface area contributed by atoms with Gasteiger partial charge in [-0.3, -0.25) is 14.4 Å². The molecule has 0 fully saturated rings. The quantitative estimate of drug-likeness (QED) is 0.175. The van der Waals surface area contributed by atoms with Gasteiger partial charge in [-0.05, 0) is 54.8 Å². The van der Waals surface area contributed by atoms with Gasteiger partial charge in [0.2, 0.25) is 11.8 Å². The largest absolute Gasteiger partial charge is 0.494 e. The summed E-state index contributed by atoms with van der Waals surface area (Å²) < 4.78 is 5.54. The molecule has 0 aliphatic carbocycles. The van der Waals surface area contributed by atoms with Crippen molar-refractivity contribution < 1.29 is 19.1 Å². The van der Waals surface area contributed by atoms with Crippen molar-refractivity contribution in [3.05, 3.63) is 117 Å². The van der Waals surface area contributed by atoms with E-state index in [9.17, 15) is 14.4 Å². The summed E-state index contributed by atoms with van der Waals surface area (Å²) in [6.07, 6.45) is 0.420. The van der Waals surface area contributed by atoms with Gasteiger partial charge in [0.05, 0.1) is 17.8 Å². The first kappa shape index (κ1) is 31.4. The molecule has 0 saturated heterocycles. The molecule has 1 aromatic heterocycles. The minimum atomic E-state index is -0.943. The number of aryl methyl sites for hydroxylation is 1. The second-order valence-electron chi connectivity index (χ2n) is 10.2. The third-order valence-electron chi connectivity index (χ3n) is 6.86. The molecule has 2 atom stereocenters. The second kappa shape index (κ2) is 15.6. The SMILES string of the molecule is CCOc1ccc(CC(NC(=O)c2ccc(C)cc2)C(=O)NC(Cc2cscn2)C(=O)NCc2ccc(CN)cc2)cc1. The molecular formula is C33H37N5O4S. The fourth-order valence-electron chi connectivity index (χ4n) is 4.41. The van der Waals surface area contributed by atoms with Gasteiger partial charge in [0.1, 0.15) is 17.8 Å². The fraction of sp³-hybridized carbons (Fsp3) is 0.273. The summed E-state index contributed by atoms with van der Waals surface area (Å²) in [5.41, 5.74) is 12.2. The van der Waals surface area contributed by atoms with Crippen LogP contribution in [0.2, 0.25) is 0 Å². The molecule has 4 aromatic rings. The van der Waals surface area contributed by atoms with Crippen LogP contribution in [0.5, 0.6) is 5.75 Å². The summed E-state index contributed by atoms with van der Waals surface area (Å²) in [5, 5.41) is 10.5. The topological polar surface area (TPSA) is 135 Å². The summed E-state index contributed by atoms with van der Waals surface area (Å²) in [6, 6.07) is 20.3. The van der Waals surface area contributed by atoms with Crippen LogP contribution in [-0.2, 0) is 35.5 Å². The predicted octanol–water partition coefficient (Wildman–Crippen LogP) is 3.69. The molecule has 3 amide bonds. The molecular weight excluding hydrogens is 562 g/mol. The number of benzene rings is 3. The first-order chi connectivity index (χ1) is 20.8. The summed E-state index contributed by atoms with van der Waals surface area (Å²) in [6.45, 7) is 5.11. The molecule has 0 aliphatic rings. The van der Waals surface area contributed by atoms with E-state index >= 15 is 0 Å². The smallest absolute Gasteiger partial charge is 0.251 e. The molecule has 0 radical (unpaired) electrons. The van der Waals surface area contributed by atoms with Crippen LogP contribution in [0.3, 0.4) is 0 Å². The Kier molecular flexibility index (Phi) is 11.4. The standard InChI is InChI=1S/C33H37N5O4S/c1-3-42-28-14-10-23(11-15-28)16-29(37-31(39)26-12-4-22(2)5-13-26)33(41)38-30(17-27-20-43-21-36-27)32(40)35-19-25-8-6-24(18-34)7-9-25/h4-15,20-21,29-30H,3,16-19,34H2,1-2H3,(H,35,40)(H,37,39)(H,38,41). The lowest BCUT2D eigenvalue weighted by Crippen LogP contribution is -2.55. The van der Waals surface area contributed by atoms with Crippen molar-refractivity contribution in [3.63, 3.8) is 0 Å². The molecule has 10 heteroatoms. The van der Waals surface area contributed by atoms with Crippen LogP contribution in [-0.4, -0.2) is 41.4 Å². The van der Waals surface area contributed by atoms with E-state index in [-0.39, 0.29) is 31.2 Å². The van der Waals surface area contributed by atoms with E-state index in [1.807, 2.05) is 79.9 Å². The number of nitrogens with one attached hydrogen (secondary N) is 3. The summed E-state index contributed by atoms with van der Waals surface area (Å²) >= 11 is 1.41. The van der Waals surface area contributed by atoms with Gasteiger partial charge in [-0.2, -0.15) is 0 Å². The zero-order chi connectivity index (χ0) is 30.6. The molecule has 1 heterocycles. The maximum Gasteiger partial charge on any atom is 0.251 e. The minimum absolute atomic E-state index is 0.203.